The summed E-state index contributed by atoms with van der Waals surface area (Å²) in [5, 5.41) is 14.9. The van der Waals surface area contributed by atoms with E-state index < -0.39 is 0 Å². The van der Waals surface area contributed by atoms with Crippen molar-refractivity contribution in [2.45, 2.75) is 26.9 Å². The molecule has 0 aromatic carbocycles. The minimum absolute atomic E-state index is 0.601. The summed E-state index contributed by atoms with van der Waals surface area (Å²) in [6.45, 7) is 6.87. The lowest BCUT2D eigenvalue weighted by Crippen LogP contribution is -2.19. The van der Waals surface area contributed by atoms with Crippen molar-refractivity contribution in [1.82, 2.24) is 25.5 Å². The Bertz CT molecular complexity index is 275. The summed E-state index contributed by atoms with van der Waals surface area (Å²) < 4.78 is 1.89. The number of aromatic nitrogens is 4. The van der Waals surface area contributed by atoms with Gasteiger partial charge in [-0.2, -0.15) is 11.8 Å². The van der Waals surface area contributed by atoms with Crippen LogP contribution in [0.3, 0.4) is 0 Å². The second-order valence-corrected chi connectivity index (χ2v) is 4.53. The molecule has 86 valence electrons. The molecule has 0 fully saturated rings. The monoisotopic (exact) mass is 229 g/mol. The van der Waals surface area contributed by atoms with Gasteiger partial charge in [-0.1, -0.05) is 13.8 Å². The number of nitrogens with zero attached hydrogens (tertiary/aromatic N) is 4. The lowest BCUT2D eigenvalue weighted by molar-refractivity contribution is 0.457. The first kappa shape index (κ1) is 12.4. The quantitative estimate of drug-likeness (QED) is 0.749. The molecule has 0 aliphatic heterocycles. The predicted octanol–water partition coefficient (Wildman–Crippen LogP) is 0.782. The van der Waals surface area contributed by atoms with Crippen LogP contribution in [0.1, 0.15) is 19.7 Å². The fraction of sp³-hybridized carbons (Fsp3) is 0.889. The Morgan fingerprint density at radius 3 is 3.00 bits per heavy atom. The molecule has 1 N–H and O–H groups in total. The van der Waals surface area contributed by atoms with E-state index in [2.05, 4.69) is 40.9 Å². The summed E-state index contributed by atoms with van der Waals surface area (Å²) in [7, 11) is 0. The van der Waals surface area contributed by atoms with Gasteiger partial charge in [-0.3, -0.25) is 0 Å². The maximum absolute atomic E-state index is 4.00. The Kier molecular flexibility index (Phi) is 5.63. The summed E-state index contributed by atoms with van der Waals surface area (Å²) in [5.41, 5.74) is 0. The smallest absolute Gasteiger partial charge is 0.165 e. The standard InChI is InChI=1S/C9H19N5S/c1-4-10-5-9-11-12-13-14(9)6-8(2)7-15-3/h8,10H,4-7H2,1-3H3. The summed E-state index contributed by atoms with van der Waals surface area (Å²) in [6.07, 6.45) is 2.12. The molecule has 0 aliphatic carbocycles. The van der Waals surface area contributed by atoms with Crippen LogP contribution in [0.2, 0.25) is 0 Å². The molecule has 1 aromatic heterocycles. The van der Waals surface area contributed by atoms with Crippen molar-refractivity contribution in [3.8, 4) is 0 Å². The third kappa shape index (κ3) is 4.17. The highest BCUT2D eigenvalue weighted by Crippen LogP contribution is 2.07. The number of tetrazole rings is 1. The second-order valence-electron chi connectivity index (χ2n) is 3.62. The third-order valence-electron chi connectivity index (χ3n) is 2.07. The second kappa shape index (κ2) is 6.79. The van der Waals surface area contributed by atoms with Gasteiger partial charge in [0.05, 0.1) is 6.54 Å². The van der Waals surface area contributed by atoms with E-state index in [1.54, 1.807) is 0 Å². The highest BCUT2D eigenvalue weighted by atomic mass is 32.2. The number of rotatable bonds is 7. The molecule has 1 atom stereocenters. The summed E-state index contributed by atoms with van der Waals surface area (Å²) in [5.74, 6) is 2.66. The van der Waals surface area contributed by atoms with Crippen LogP contribution in [-0.4, -0.2) is 38.8 Å². The number of nitrogens with one attached hydrogen (secondary N) is 1. The van der Waals surface area contributed by atoms with Crippen molar-refractivity contribution in [3.05, 3.63) is 5.82 Å². The Morgan fingerprint density at radius 2 is 2.33 bits per heavy atom. The third-order valence-corrected chi connectivity index (χ3v) is 2.98. The average molecular weight is 229 g/mol. The van der Waals surface area contributed by atoms with E-state index in [1.165, 1.54) is 0 Å². The number of hydrogen-bond donors (Lipinski definition) is 1. The van der Waals surface area contributed by atoms with E-state index in [1.807, 2.05) is 16.4 Å². The lowest BCUT2D eigenvalue weighted by Gasteiger charge is -2.10. The fourth-order valence-corrected chi connectivity index (χ4v) is 2.04. The Morgan fingerprint density at radius 1 is 1.53 bits per heavy atom. The largest absolute Gasteiger partial charge is 0.310 e. The minimum Gasteiger partial charge on any atom is -0.310 e. The fourth-order valence-electron chi connectivity index (χ4n) is 1.36. The van der Waals surface area contributed by atoms with E-state index in [4.69, 9.17) is 0 Å². The number of thioether (sulfide) groups is 1. The topological polar surface area (TPSA) is 55.6 Å². The van der Waals surface area contributed by atoms with Gasteiger partial charge in [-0.15, -0.1) is 5.10 Å². The zero-order chi connectivity index (χ0) is 11.1. The highest BCUT2D eigenvalue weighted by Gasteiger charge is 2.08. The summed E-state index contributed by atoms with van der Waals surface area (Å²) in [4.78, 5) is 0. The molecular weight excluding hydrogens is 210 g/mol. The molecular formula is C9H19N5S. The van der Waals surface area contributed by atoms with E-state index >= 15 is 0 Å². The normalized spacial score (nSPS) is 13.0. The maximum atomic E-state index is 4.00. The zero-order valence-corrected chi connectivity index (χ0v) is 10.4. The Hall–Kier alpha value is -0.620. The molecule has 0 saturated heterocycles. The van der Waals surface area contributed by atoms with Crippen LogP contribution in [0, 0.1) is 5.92 Å². The molecule has 0 saturated carbocycles. The SMILES string of the molecule is CCNCc1nnnn1CC(C)CSC. The molecule has 6 heteroatoms. The van der Waals surface area contributed by atoms with Gasteiger partial charge in [0, 0.05) is 6.54 Å². The van der Waals surface area contributed by atoms with Crippen LogP contribution >= 0.6 is 11.8 Å². The lowest BCUT2D eigenvalue weighted by atomic mass is 10.2. The molecule has 0 aliphatic rings. The van der Waals surface area contributed by atoms with Crippen molar-refractivity contribution in [1.29, 1.82) is 0 Å². The van der Waals surface area contributed by atoms with Crippen LogP contribution in [0.15, 0.2) is 0 Å². The van der Waals surface area contributed by atoms with Crippen molar-refractivity contribution in [2.75, 3.05) is 18.6 Å². The molecule has 1 aromatic rings. The van der Waals surface area contributed by atoms with Crippen molar-refractivity contribution < 1.29 is 0 Å². The van der Waals surface area contributed by atoms with Gasteiger partial charge in [0.25, 0.3) is 0 Å². The first-order valence-electron chi connectivity index (χ1n) is 5.22. The molecule has 15 heavy (non-hydrogen) atoms. The van der Waals surface area contributed by atoms with Gasteiger partial charge in [-0.25, -0.2) is 4.68 Å². The van der Waals surface area contributed by atoms with Gasteiger partial charge in [0.2, 0.25) is 0 Å². The van der Waals surface area contributed by atoms with Crippen LogP contribution in [0.25, 0.3) is 0 Å². The van der Waals surface area contributed by atoms with E-state index in [9.17, 15) is 0 Å². The van der Waals surface area contributed by atoms with Crippen LogP contribution in [0.5, 0.6) is 0 Å². The van der Waals surface area contributed by atoms with Crippen LogP contribution in [0.4, 0.5) is 0 Å². The maximum Gasteiger partial charge on any atom is 0.165 e. The van der Waals surface area contributed by atoms with E-state index in [0.717, 1.165) is 31.2 Å². The predicted molar refractivity (Wildman–Crippen MR) is 62.7 cm³/mol. The van der Waals surface area contributed by atoms with Crippen molar-refractivity contribution in [3.63, 3.8) is 0 Å². The first-order chi connectivity index (χ1) is 7.27. The molecule has 5 nitrogen and oxygen atoms in total. The van der Waals surface area contributed by atoms with Gasteiger partial charge in [0.15, 0.2) is 5.82 Å². The molecule has 1 heterocycles. The van der Waals surface area contributed by atoms with E-state index in [-0.39, 0.29) is 0 Å². The van der Waals surface area contributed by atoms with Crippen molar-refractivity contribution in [2.24, 2.45) is 5.92 Å². The van der Waals surface area contributed by atoms with E-state index in [0.29, 0.717) is 5.92 Å². The zero-order valence-electron chi connectivity index (χ0n) is 9.60. The molecule has 0 bridgehead atoms. The van der Waals surface area contributed by atoms with Crippen molar-refractivity contribution >= 4 is 11.8 Å². The molecule has 0 spiro atoms. The Balaban J connectivity index is 2.48. The molecule has 1 rings (SSSR count). The van der Waals surface area contributed by atoms with Gasteiger partial charge in [-0.05, 0) is 34.9 Å². The van der Waals surface area contributed by atoms with Gasteiger partial charge < -0.3 is 5.32 Å². The van der Waals surface area contributed by atoms with Gasteiger partial charge in [0.1, 0.15) is 0 Å². The van der Waals surface area contributed by atoms with Crippen LogP contribution < -0.4 is 5.32 Å². The average Bonchev–Trinajstić information content (AvgIpc) is 2.63. The number of hydrogen-bond acceptors (Lipinski definition) is 5. The van der Waals surface area contributed by atoms with Gasteiger partial charge >= 0.3 is 0 Å². The molecule has 0 amide bonds. The molecule has 0 radical (unpaired) electrons. The van der Waals surface area contributed by atoms with Crippen LogP contribution in [-0.2, 0) is 13.1 Å². The first-order valence-corrected chi connectivity index (χ1v) is 6.62. The highest BCUT2D eigenvalue weighted by molar-refractivity contribution is 7.98. The summed E-state index contributed by atoms with van der Waals surface area (Å²) >= 11 is 1.86. The molecule has 1 unspecified atom stereocenters. The summed E-state index contributed by atoms with van der Waals surface area (Å²) in [6, 6.07) is 0. The Labute approximate surface area is 95.0 Å². The minimum atomic E-state index is 0.601.